The van der Waals surface area contributed by atoms with E-state index in [-0.39, 0.29) is 29.9 Å². The van der Waals surface area contributed by atoms with E-state index in [1.54, 1.807) is 20.3 Å². The summed E-state index contributed by atoms with van der Waals surface area (Å²) in [6, 6.07) is 10.9. The lowest BCUT2D eigenvalue weighted by Crippen LogP contribution is -2.44. The van der Waals surface area contributed by atoms with Gasteiger partial charge in [-0.1, -0.05) is 6.07 Å². The van der Waals surface area contributed by atoms with Crippen LogP contribution in [0.4, 0.5) is 4.39 Å². The molecule has 1 N–H and O–H groups in total. The third kappa shape index (κ3) is 6.29. The molecule has 0 saturated carbocycles. The van der Waals surface area contributed by atoms with Gasteiger partial charge in [0.15, 0.2) is 23.1 Å². The second-order valence-corrected chi connectivity index (χ2v) is 9.34. The van der Waals surface area contributed by atoms with E-state index in [4.69, 9.17) is 14.2 Å². The van der Waals surface area contributed by atoms with Crippen LogP contribution in [0.1, 0.15) is 24.1 Å². The standard InChI is InChI=1S/C26H30FN3O4S/c1-32-22-6-4-17(12-21(22)27)15-30-10-8-19(9-11-30)28-25(31)14-20-16-35-26(29-20)18-5-7-23(33-2)24(13-18)34-3/h4-7,12-13,16,19H,8-11,14-15H2,1-3H3,(H,28,31). The molecule has 1 amide bonds. The molecule has 0 aliphatic carbocycles. The molecule has 3 aromatic rings. The van der Waals surface area contributed by atoms with Crippen molar-refractivity contribution in [2.45, 2.75) is 31.8 Å². The number of carbonyl (C=O) groups excluding carboxylic acids is 1. The molecule has 4 rings (SSSR count). The summed E-state index contributed by atoms with van der Waals surface area (Å²) >= 11 is 1.50. The third-order valence-corrected chi connectivity index (χ3v) is 7.04. The summed E-state index contributed by atoms with van der Waals surface area (Å²) in [6.45, 7) is 2.37. The van der Waals surface area contributed by atoms with E-state index in [1.165, 1.54) is 24.5 Å². The number of ether oxygens (including phenoxy) is 3. The highest BCUT2D eigenvalue weighted by atomic mass is 32.1. The molecular formula is C26H30FN3O4S. The number of thiazole rings is 1. The number of hydrogen-bond donors (Lipinski definition) is 1. The van der Waals surface area contributed by atoms with Gasteiger partial charge in [-0.2, -0.15) is 0 Å². The predicted molar refractivity (Wildman–Crippen MR) is 134 cm³/mol. The fourth-order valence-corrected chi connectivity index (χ4v) is 5.05. The zero-order chi connectivity index (χ0) is 24.8. The van der Waals surface area contributed by atoms with Crippen molar-refractivity contribution in [3.05, 3.63) is 58.9 Å². The molecule has 1 fully saturated rings. The lowest BCUT2D eigenvalue weighted by Gasteiger charge is -2.32. The molecule has 0 spiro atoms. The predicted octanol–water partition coefficient (Wildman–Crippen LogP) is 4.30. The Morgan fingerprint density at radius 2 is 1.77 bits per heavy atom. The zero-order valence-corrected chi connectivity index (χ0v) is 21.0. The largest absolute Gasteiger partial charge is 0.494 e. The van der Waals surface area contributed by atoms with Crippen molar-refractivity contribution in [2.24, 2.45) is 0 Å². The number of halogens is 1. The van der Waals surface area contributed by atoms with Crippen LogP contribution in [0, 0.1) is 5.82 Å². The first-order valence-electron chi connectivity index (χ1n) is 11.5. The Balaban J connectivity index is 1.26. The number of aromatic nitrogens is 1. The molecule has 35 heavy (non-hydrogen) atoms. The number of hydrogen-bond acceptors (Lipinski definition) is 7. The van der Waals surface area contributed by atoms with E-state index in [0.29, 0.717) is 18.0 Å². The maximum atomic E-state index is 13.9. The quantitative estimate of drug-likeness (QED) is 0.473. The van der Waals surface area contributed by atoms with Gasteiger partial charge in [0.1, 0.15) is 5.01 Å². The molecule has 1 saturated heterocycles. The Morgan fingerprint density at radius 3 is 2.46 bits per heavy atom. The van der Waals surface area contributed by atoms with Crippen LogP contribution >= 0.6 is 11.3 Å². The summed E-state index contributed by atoms with van der Waals surface area (Å²) in [6.07, 6.45) is 1.96. The van der Waals surface area contributed by atoms with Crippen LogP contribution in [-0.4, -0.2) is 56.3 Å². The van der Waals surface area contributed by atoms with E-state index in [1.807, 2.05) is 29.6 Å². The first-order valence-corrected chi connectivity index (χ1v) is 12.4. The van der Waals surface area contributed by atoms with Gasteiger partial charge in [0.05, 0.1) is 33.4 Å². The highest BCUT2D eigenvalue weighted by molar-refractivity contribution is 7.13. The summed E-state index contributed by atoms with van der Waals surface area (Å²) in [7, 11) is 4.66. The molecule has 0 bridgehead atoms. The molecule has 1 aliphatic rings. The second-order valence-electron chi connectivity index (χ2n) is 8.48. The summed E-state index contributed by atoms with van der Waals surface area (Å²) in [4.78, 5) is 19.5. The Kier molecular flexibility index (Phi) is 8.20. The van der Waals surface area contributed by atoms with Crippen LogP contribution in [0.3, 0.4) is 0 Å². The highest BCUT2D eigenvalue weighted by Gasteiger charge is 2.21. The van der Waals surface area contributed by atoms with Gasteiger partial charge in [0.2, 0.25) is 5.91 Å². The lowest BCUT2D eigenvalue weighted by atomic mass is 10.0. The average Bonchev–Trinajstić information content (AvgIpc) is 3.33. The van der Waals surface area contributed by atoms with Crippen molar-refractivity contribution < 1.29 is 23.4 Å². The number of nitrogens with zero attached hydrogens (tertiary/aromatic N) is 2. The van der Waals surface area contributed by atoms with E-state index in [0.717, 1.165) is 47.8 Å². The average molecular weight is 500 g/mol. The molecule has 0 unspecified atom stereocenters. The zero-order valence-electron chi connectivity index (χ0n) is 20.2. The Hall–Kier alpha value is -3.17. The SMILES string of the molecule is COc1ccc(CN2CCC(NC(=O)Cc3csc(-c4ccc(OC)c(OC)c4)n3)CC2)cc1F. The minimum Gasteiger partial charge on any atom is -0.494 e. The maximum Gasteiger partial charge on any atom is 0.226 e. The number of methoxy groups -OCH3 is 3. The summed E-state index contributed by atoms with van der Waals surface area (Å²) in [5, 5.41) is 5.89. The Labute approximate surface area is 208 Å². The molecule has 0 radical (unpaired) electrons. The van der Waals surface area contributed by atoms with Gasteiger partial charge in [0, 0.05) is 36.6 Å². The number of nitrogens with one attached hydrogen (secondary N) is 1. The fourth-order valence-electron chi connectivity index (χ4n) is 4.24. The van der Waals surface area contributed by atoms with Crippen molar-refractivity contribution >= 4 is 17.2 Å². The van der Waals surface area contributed by atoms with Gasteiger partial charge in [-0.3, -0.25) is 9.69 Å². The summed E-state index contributed by atoms with van der Waals surface area (Å²) in [5.74, 6) is 1.19. The summed E-state index contributed by atoms with van der Waals surface area (Å²) < 4.78 is 29.6. The highest BCUT2D eigenvalue weighted by Crippen LogP contribution is 2.33. The number of benzene rings is 2. The minimum atomic E-state index is -0.344. The first-order chi connectivity index (χ1) is 17.0. The monoisotopic (exact) mass is 499 g/mol. The van der Waals surface area contributed by atoms with Gasteiger partial charge in [-0.25, -0.2) is 9.37 Å². The first kappa shape index (κ1) is 24.9. The topological polar surface area (TPSA) is 72.9 Å². The van der Waals surface area contributed by atoms with Crippen molar-refractivity contribution in [2.75, 3.05) is 34.4 Å². The van der Waals surface area contributed by atoms with Crippen LogP contribution in [0.25, 0.3) is 10.6 Å². The van der Waals surface area contributed by atoms with Gasteiger partial charge in [0.25, 0.3) is 0 Å². The summed E-state index contributed by atoms with van der Waals surface area (Å²) in [5.41, 5.74) is 2.58. The van der Waals surface area contributed by atoms with Crippen LogP contribution in [0.15, 0.2) is 41.8 Å². The van der Waals surface area contributed by atoms with Crippen molar-refractivity contribution in [3.63, 3.8) is 0 Å². The van der Waals surface area contributed by atoms with E-state index < -0.39 is 0 Å². The van der Waals surface area contributed by atoms with Crippen molar-refractivity contribution in [1.82, 2.24) is 15.2 Å². The van der Waals surface area contributed by atoms with Gasteiger partial charge < -0.3 is 19.5 Å². The number of rotatable bonds is 9. The fraction of sp³-hybridized carbons (Fsp3) is 0.385. The number of amides is 1. The van der Waals surface area contributed by atoms with Gasteiger partial charge in [-0.05, 0) is 48.7 Å². The Morgan fingerprint density at radius 1 is 1.06 bits per heavy atom. The van der Waals surface area contributed by atoms with Crippen LogP contribution in [0.2, 0.25) is 0 Å². The Bertz CT molecular complexity index is 1160. The van der Waals surface area contributed by atoms with Crippen LogP contribution in [0.5, 0.6) is 17.2 Å². The normalized spacial score (nSPS) is 14.5. The van der Waals surface area contributed by atoms with Gasteiger partial charge in [-0.15, -0.1) is 11.3 Å². The molecule has 1 aliphatic heterocycles. The minimum absolute atomic E-state index is 0.0233. The molecular weight excluding hydrogens is 469 g/mol. The molecule has 7 nitrogen and oxygen atoms in total. The molecule has 9 heteroatoms. The second kappa shape index (κ2) is 11.5. The molecule has 186 valence electrons. The molecule has 2 heterocycles. The smallest absolute Gasteiger partial charge is 0.226 e. The van der Waals surface area contributed by atoms with Gasteiger partial charge >= 0.3 is 0 Å². The van der Waals surface area contributed by atoms with E-state index in [9.17, 15) is 9.18 Å². The molecule has 0 atom stereocenters. The third-order valence-electron chi connectivity index (χ3n) is 6.10. The van der Waals surface area contributed by atoms with E-state index >= 15 is 0 Å². The van der Waals surface area contributed by atoms with Crippen molar-refractivity contribution in [3.8, 4) is 27.8 Å². The van der Waals surface area contributed by atoms with E-state index in [2.05, 4.69) is 15.2 Å². The molecule has 2 aromatic carbocycles. The molecule has 1 aromatic heterocycles. The lowest BCUT2D eigenvalue weighted by molar-refractivity contribution is -0.121. The number of likely N-dealkylation sites (tertiary alicyclic amines) is 1. The van der Waals surface area contributed by atoms with Crippen LogP contribution in [-0.2, 0) is 17.8 Å². The number of carbonyl (C=O) groups is 1. The number of piperidine rings is 1. The van der Waals surface area contributed by atoms with Crippen molar-refractivity contribution in [1.29, 1.82) is 0 Å². The van der Waals surface area contributed by atoms with Crippen LogP contribution < -0.4 is 19.5 Å². The maximum absolute atomic E-state index is 13.9.